The zero-order chi connectivity index (χ0) is 12.8. The maximum absolute atomic E-state index is 3.62. The minimum Gasteiger partial charge on any atom is -0.314 e. The van der Waals surface area contributed by atoms with E-state index in [-0.39, 0.29) is 0 Å². The van der Waals surface area contributed by atoms with E-state index in [1.54, 1.807) is 0 Å². The quantitative estimate of drug-likeness (QED) is 0.777. The molecular weight excluding hydrogens is 206 g/mol. The summed E-state index contributed by atoms with van der Waals surface area (Å²) in [7, 11) is 0. The van der Waals surface area contributed by atoms with Gasteiger partial charge in [0.1, 0.15) is 0 Å². The molecule has 1 aromatic rings. The van der Waals surface area contributed by atoms with Gasteiger partial charge in [-0.25, -0.2) is 0 Å². The summed E-state index contributed by atoms with van der Waals surface area (Å²) in [6, 6.07) is 7.48. The van der Waals surface area contributed by atoms with E-state index in [1.165, 1.54) is 29.5 Å². The van der Waals surface area contributed by atoms with Crippen LogP contribution in [0.25, 0.3) is 0 Å². The molecule has 0 radical (unpaired) electrons. The highest BCUT2D eigenvalue weighted by Gasteiger charge is 2.17. The summed E-state index contributed by atoms with van der Waals surface area (Å²) in [6.45, 7) is 12.2. The van der Waals surface area contributed by atoms with Gasteiger partial charge in [-0.05, 0) is 49.4 Å². The van der Waals surface area contributed by atoms with Gasteiger partial charge in [0.2, 0.25) is 0 Å². The number of nitrogens with one attached hydrogen (secondary N) is 1. The summed E-state index contributed by atoms with van der Waals surface area (Å²) in [5, 5.41) is 3.62. The third kappa shape index (κ3) is 3.85. The SMILES string of the molecule is CCCC(NCC)C(C)c1ccc(C)c(C)c1. The molecule has 0 fully saturated rings. The van der Waals surface area contributed by atoms with E-state index in [0.717, 1.165) is 6.54 Å². The van der Waals surface area contributed by atoms with Crippen LogP contribution in [0.2, 0.25) is 0 Å². The average Bonchev–Trinajstić information content (AvgIpc) is 2.31. The highest BCUT2D eigenvalue weighted by molar-refractivity contribution is 5.32. The molecule has 1 nitrogen and oxygen atoms in total. The molecule has 0 aliphatic carbocycles. The minimum atomic E-state index is 0.592. The molecule has 2 unspecified atom stereocenters. The van der Waals surface area contributed by atoms with Gasteiger partial charge in [-0.15, -0.1) is 0 Å². The molecule has 1 heteroatoms. The van der Waals surface area contributed by atoms with Crippen molar-refractivity contribution < 1.29 is 0 Å². The van der Waals surface area contributed by atoms with Crippen molar-refractivity contribution in [3.8, 4) is 0 Å². The molecule has 0 amide bonds. The normalized spacial score (nSPS) is 14.6. The lowest BCUT2D eigenvalue weighted by Gasteiger charge is -2.25. The van der Waals surface area contributed by atoms with Crippen LogP contribution in [-0.4, -0.2) is 12.6 Å². The molecule has 96 valence electrons. The Hall–Kier alpha value is -0.820. The first-order valence-corrected chi connectivity index (χ1v) is 6.90. The van der Waals surface area contributed by atoms with E-state index in [1.807, 2.05) is 0 Å². The lowest BCUT2D eigenvalue weighted by Crippen LogP contribution is -2.33. The lowest BCUT2D eigenvalue weighted by atomic mass is 9.89. The molecule has 1 aromatic carbocycles. The molecule has 0 aliphatic rings. The fraction of sp³-hybridized carbons (Fsp3) is 0.625. The van der Waals surface area contributed by atoms with Crippen molar-refractivity contribution in [1.82, 2.24) is 5.32 Å². The molecule has 0 aromatic heterocycles. The Morgan fingerprint density at radius 1 is 1.12 bits per heavy atom. The monoisotopic (exact) mass is 233 g/mol. The van der Waals surface area contributed by atoms with Crippen molar-refractivity contribution in [1.29, 1.82) is 0 Å². The van der Waals surface area contributed by atoms with Crippen LogP contribution in [0.1, 0.15) is 56.2 Å². The first-order valence-electron chi connectivity index (χ1n) is 6.90. The molecule has 0 aliphatic heterocycles. The van der Waals surface area contributed by atoms with Crippen LogP contribution in [0.4, 0.5) is 0 Å². The first kappa shape index (κ1) is 14.2. The summed E-state index contributed by atoms with van der Waals surface area (Å²) >= 11 is 0. The number of likely N-dealkylation sites (N-methyl/N-ethyl adjacent to an activating group) is 1. The Morgan fingerprint density at radius 3 is 2.35 bits per heavy atom. The van der Waals surface area contributed by atoms with Gasteiger partial charge in [-0.3, -0.25) is 0 Å². The van der Waals surface area contributed by atoms with E-state index in [2.05, 4.69) is 58.1 Å². The molecule has 1 N–H and O–H groups in total. The van der Waals surface area contributed by atoms with Crippen molar-refractivity contribution in [2.24, 2.45) is 0 Å². The fourth-order valence-electron chi connectivity index (χ4n) is 2.38. The number of benzene rings is 1. The van der Waals surface area contributed by atoms with Crippen LogP contribution in [0, 0.1) is 13.8 Å². The van der Waals surface area contributed by atoms with Crippen LogP contribution in [-0.2, 0) is 0 Å². The van der Waals surface area contributed by atoms with Crippen LogP contribution in [0.15, 0.2) is 18.2 Å². The van der Waals surface area contributed by atoms with Gasteiger partial charge in [0.15, 0.2) is 0 Å². The van der Waals surface area contributed by atoms with E-state index in [9.17, 15) is 0 Å². The molecular formula is C16H27N. The van der Waals surface area contributed by atoms with Crippen molar-refractivity contribution in [3.63, 3.8) is 0 Å². The molecule has 0 saturated carbocycles. The number of aryl methyl sites for hydroxylation is 2. The largest absolute Gasteiger partial charge is 0.314 e. The van der Waals surface area contributed by atoms with Gasteiger partial charge in [-0.2, -0.15) is 0 Å². The van der Waals surface area contributed by atoms with Crippen molar-refractivity contribution in [2.45, 2.75) is 59.4 Å². The first-order chi connectivity index (χ1) is 8.10. The maximum atomic E-state index is 3.62. The zero-order valence-corrected chi connectivity index (χ0v) is 12.0. The van der Waals surface area contributed by atoms with Crippen LogP contribution in [0.5, 0.6) is 0 Å². The van der Waals surface area contributed by atoms with Crippen LogP contribution in [0.3, 0.4) is 0 Å². The summed E-state index contributed by atoms with van der Waals surface area (Å²) < 4.78 is 0. The van der Waals surface area contributed by atoms with Gasteiger partial charge >= 0.3 is 0 Å². The Labute approximate surface area is 107 Å². The number of rotatable bonds is 6. The van der Waals surface area contributed by atoms with Crippen molar-refractivity contribution in [3.05, 3.63) is 34.9 Å². The molecule has 2 atom stereocenters. The zero-order valence-electron chi connectivity index (χ0n) is 12.0. The molecule has 1 rings (SSSR count). The highest BCUT2D eigenvalue weighted by atomic mass is 14.9. The summed E-state index contributed by atoms with van der Waals surface area (Å²) in [6.07, 6.45) is 2.49. The second-order valence-corrected chi connectivity index (χ2v) is 5.09. The predicted octanol–water partition coefficient (Wildman–Crippen LogP) is 4.19. The van der Waals surface area contributed by atoms with Crippen molar-refractivity contribution in [2.75, 3.05) is 6.54 Å². The van der Waals surface area contributed by atoms with Gasteiger partial charge < -0.3 is 5.32 Å². The maximum Gasteiger partial charge on any atom is 0.0133 e. The van der Waals surface area contributed by atoms with E-state index in [4.69, 9.17) is 0 Å². The summed E-state index contributed by atoms with van der Waals surface area (Å²) in [4.78, 5) is 0. The molecule has 0 spiro atoms. The number of hydrogen-bond acceptors (Lipinski definition) is 1. The van der Waals surface area contributed by atoms with Gasteiger partial charge in [0.25, 0.3) is 0 Å². The second kappa shape index (κ2) is 6.80. The Balaban J connectivity index is 2.84. The highest BCUT2D eigenvalue weighted by Crippen LogP contribution is 2.24. The summed E-state index contributed by atoms with van der Waals surface area (Å²) in [5.74, 6) is 0.592. The van der Waals surface area contributed by atoms with Crippen molar-refractivity contribution >= 4 is 0 Å². The molecule has 0 saturated heterocycles. The van der Waals surface area contributed by atoms with Gasteiger partial charge in [-0.1, -0.05) is 45.4 Å². The van der Waals surface area contributed by atoms with E-state index < -0.39 is 0 Å². The molecule has 0 heterocycles. The Morgan fingerprint density at radius 2 is 1.82 bits per heavy atom. The molecule has 17 heavy (non-hydrogen) atoms. The van der Waals surface area contributed by atoms with E-state index in [0.29, 0.717) is 12.0 Å². The van der Waals surface area contributed by atoms with Crippen LogP contribution >= 0.6 is 0 Å². The van der Waals surface area contributed by atoms with Crippen LogP contribution < -0.4 is 5.32 Å². The van der Waals surface area contributed by atoms with E-state index >= 15 is 0 Å². The third-order valence-electron chi connectivity index (χ3n) is 3.73. The van der Waals surface area contributed by atoms with Gasteiger partial charge in [0.05, 0.1) is 0 Å². The Kier molecular flexibility index (Phi) is 5.70. The summed E-state index contributed by atoms with van der Waals surface area (Å²) in [5.41, 5.74) is 4.25. The standard InChI is InChI=1S/C16H27N/c1-6-8-16(17-7-2)14(5)15-10-9-12(3)13(4)11-15/h9-11,14,16-17H,6-8H2,1-5H3. The topological polar surface area (TPSA) is 12.0 Å². The Bertz CT molecular complexity index is 337. The number of hydrogen-bond donors (Lipinski definition) is 1. The third-order valence-corrected chi connectivity index (χ3v) is 3.73. The predicted molar refractivity (Wildman–Crippen MR) is 76.7 cm³/mol. The average molecular weight is 233 g/mol. The minimum absolute atomic E-state index is 0.592. The van der Waals surface area contributed by atoms with Gasteiger partial charge in [0, 0.05) is 6.04 Å². The smallest absolute Gasteiger partial charge is 0.0133 e. The lowest BCUT2D eigenvalue weighted by molar-refractivity contribution is 0.430. The molecule has 0 bridgehead atoms. The fourth-order valence-corrected chi connectivity index (χ4v) is 2.38. The second-order valence-electron chi connectivity index (χ2n) is 5.09.